The Hall–Kier alpha value is -2.90. The normalized spacial score (nSPS) is 13.8. The van der Waals surface area contributed by atoms with Crippen LogP contribution in [0.1, 0.15) is 99.1 Å². The number of ether oxygens (including phenoxy) is 3. The van der Waals surface area contributed by atoms with Gasteiger partial charge in [-0.1, -0.05) is 39.5 Å². The van der Waals surface area contributed by atoms with Crippen LogP contribution in [0.15, 0.2) is 39.8 Å². The molecule has 0 saturated carbocycles. The summed E-state index contributed by atoms with van der Waals surface area (Å²) in [6, 6.07) is 3.74. The van der Waals surface area contributed by atoms with Crippen molar-refractivity contribution in [3.05, 3.63) is 35.5 Å². The number of allylic oxidation sites excluding steroid dienone is 1. The number of hydrogen-bond acceptors (Lipinski definition) is 6. The van der Waals surface area contributed by atoms with Crippen LogP contribution in [-0.2, 0) is 9.47 Å². The van der Waals surface area contributed by atoms with Gasteiger partial charge in [0, 0.05) is 25.2 Å². The van der Waals surface area contributed by atoms with Crippen LogP contribution in [0.25, 0.3) is 0 Å². The number of hydrogen-bond donors (Lipinski definition) is 0. The molecule has 0 aliphatic carbocycles. The summed E-state index contributed by atoms with van der Waals surface area (Å²) < 4.78 is 17.3. The molecule has 0 aromatic carbocycles. The molecule has 1 rings (SSSR count). The topological polar surface area (TPSA) is 85.6 Å². The number of unbranched alkanes of at least 4 members (excludes halogenated alkanes) is 3. The standard InChI is InChI=1S/C29H48N4O4/c1-9-11-12-13-15-23(5)33(29(34)37-24(6)10-2)19-17-25(7)36-28(22(3)4)32-20-30-21-35-27-16-14-18-31-26(27)8/h14,16,18,20-21,23-25H,9-13,15,17,19H2,1-8H3/b30-21?,32-20-. The zero-order valence-corrected chi connectivity index (χ0v) is 24.2. The van der Waals surface area contributed by atoms with Gasteiger partial charge < -0.3 is 19.1 Å². The number of nitrogens with zero attached hydrogens (tertiary/aromatic N) is 4. The van der Waals surface area contributed by atoms with Crippen LogP contribution in [0.2, 0.25) is 0 Å². The maximum atomic E-state index is 12.9. The van der Waals surface area contributed by atoms with E-state index in [1.807, 2.05) is 52.5 Å². The predicted octanol–water partition coefficient (Wildman–Crippen LogP) is 7.47. The lowest BCUT2D eigenvalue weighted by Gasteiger charge is -2.31. The molecule has 3 atom stereocenters. The quantitative estimate of drug-likeness (QED) is 0.0928. The number of aromatic nitrogens is 1. The van der Waals surface area contributed by atoms with Gasteiger partial charge in [0.25, 0.3) is 0 Å². The summed E-state index contributed by atoms with van der Waals surface area (Å²) in [6.45, 7) is 16.5. The monoisotopic (exact) mass is 516 g/mol. The Morgan fingerprint density at radius 2 is 1.84 bits per heavy atom. The fourth-order valence-corrected chi connectivity index (χ4v) is 3.48. The number of amides is 1. The largest absolute Gasteiger partial charge is 0.475 e. The lowest BCUT2D eigenvalue weighted by atomic mass is 10.1. The molecule has 0 radical (unpaired) electrons. The lowest BCUT2D eigenvalue weighted by Crippen LogP contribution is -2.41. The molecule has 0 bridgehead atoms. The molecular formula is C29H48N4O4. The second-order valence-corrected chi connectivity index (χ2v) is 9.72. The summed E-state index contributed by atoms with van der Waals surface area (Å²) in [5, 5.41) is 0. The number of aryl methyl sites for hydroxylation is 1. The van der Waals surface area contributed by atoms with Gasteiger partial charge in [-0.3, -0.25) is 4.98 Å². The van der Waals surface area contributed by atoms with Gasteiger partial charge in [0.1, 0.15) is 18.2 Å². The summed E-state index contributed by atoms with van der Waals surface area (Å²) in [4.78, 5) is 27.4. The Labute approximate surface area is 224 Å². The van der Waals surface area contributed by atoms with Crippen molar-refractivity contribution in [1.82, 2.24) is 9.88 Å². The smallest absolute Gasteiger partial charge is 0.410 e. The SMILES string of the molecule is CCCCCCC(C)N(CCC(C)OC(/N=C\N=COc1cccnc1C)=C(C)C)C(=O)OC(C)CC. The van der Waals surface area contributed by atoms with Crippen LogP contribution in [0.5, 0.6) is 5.75 Å². The molecule has 8 heteroatoms. The third-order valence-corrected chi connectivity index (χ3v) is 6.08. The first-order valence-corrected chi connectivity index (χ1v) is 13.6. The molecule has 0 saturated heterocycles. The molecule has 8 nitrogen and oxygen atoms in total. The van der Waals surface area contributed by atoms with Crippen LogP contribution < -0.4 is 4.74 Å². The van der Waals surface area contributed by atoms with Crippen molar-refractivity contribution in [1.29, 1.82) is 0 Å². The van der Waals surface area contributed by atoms with Crippen molar-refractivity contribution < 1.29 is 19.0 Å². The average Bonchev–Trinajstić information content (AvgIpc) is 2.86. The van der Waals surface area contributed by atoms with E-state index in [2.05, 4.69) is 28.8 Å². The Kier molecular flexibility index (Phi) is 15.9. The number of aliphatic imine (C=N–C) groups is 2. The number of rotatable bonds is 17. The Morgan fingerprint density at radius 1 is 1.08 bits per heavy atom. The van der Waals surface area contributed by atoms with E-state index in [-0.39, 0.29) is 24.3 Å². The van der Waals surface area contributed by atoms with Gasteiger partial charge in [-0.2, -0.15) is 0 Å². The van der Waals surface area contributed by atoms with E-state index < -0.39 is 0 Å². The summed E-state index contributed by atoms with van der Waals surface area (Å²) >= 11 is 0. The maximum absolute atomic E-state index is 12.9. The summed E-state index contributed by atoms with van der Waals surface area (Å²) in [7, 11) is 0. The first kappa shape index (κ1) is 32.1. The molecule has 1 heterocycles. The minimum atomic E-state index is -0.247. The third-order valence-electron chi connectivity index (χ3n) is 6.08. The van der Waals surface area contributed by atoms with Gasteiger partial charge in [-0.05, 0) is 72.1 Å². The highest BCUT2D eigenvalue weighted by molar-refractivity contribution is 5.70. The molecule has 0 N–H and O–H groups in total. The fraction of sp³-hybridized carbons (Fsp3) is 0.655. The highest BCUT2D eigenvalue weighted by Crippen LogP contribution is 2.17. The van der Waals surface area contributed by atoms with Crippen LogP contribution in [0.3, 0.4) is 0 Å². The van der Waals surface area contributed by atoms with Crippen LogP contribution in [-0.4, -0.2) is 53.5 Å². The highest BCUT2D eigenvalue weighted by Gasteiger charge is 2.23. The van der Waals surface area contributed by atoms with Gasteiger partial charge in [-0.15, -0.1) is 0 Å². The van der Waals surface area contributed by atoms with E-state index >= 15 is 0 Å². The number of pyridine rings is 1. The van der Waals surface area contributed by atoms with Crippen LogP contribution >= 0.6 is 0 Å². The molecule has 0 fully saturated rings. The van der Waals surface area contributed by atoms with E-state index in [0.29, 0.717) is 24.6 Å². The van der Waals surface area contributed by atoms with E-state index in [1.54, 1.807) is 12.3 Å². The second-order valence-electron chi connectivity index (χ2n) is 9.72. The van der Waals surface area contributed by atoms with Crippen LogP contribution in [0, 0.1) is 6.92 Å². The number of carbonyl (C=O) groups is 1. The van der Waals surface area contributed by atoms with Crippen molar-refractivity contribution in [2.24, 2.45) is 9.98 Å². The minimum absolute atomic E-state index is 0.103. The van der Waals surface area contributed by atoms with E-state index in [1.165, 1.54) is 32.0 Å². The Balaban J connectivity index is 2.70. The van der Waals surface area contributed by atoms with Crippen molar-refractivity contribution in [3.8, 4) is 5.75 Å². The van der Waals surface area contributed by atoms with E-state index in [0.717, 1.165) is 30.5 Å². The molecule has 1 aromatic heterocycles. The predicted molar refractivity (Wildman–Crippen MR) is 151 cm³/mol. The molecule has 1 amide bonds. The van der Waals surface area contributed by atoms with E-state index in [9.17, 15) is 4.79 Å². The first-order valence-electron chi connectivity index (χ1n) is 13.6. The van der Waals surface area contributed by atoms with Gasteiger partial charge in [-0.25, -0.2) is 14.8 Å². The lowest BCUT2D eigenvalue weighted by molar-refractivity contribution is 0.0473. The Bertz CT molecular complexity index is 880. The molecule has 0 aliphatic rings. The van der Waals surface area contributed by atoms with Gasteiger partial charge in [0.05, 0.1) is 11.8 Å². The molecule has 3 unspecified atom stereocenters. The molecular weight excluding hydrogens is 468 g/mol. The van der Waals surface area contributed by atoms with Crippen molar-refractivity contribution in [3.63, 3.8) is 0 Å². The Morgan fingerprint density at radius 3 is 2.49 bits per heavy atom. The third kappa shape index (κ3) is 13.3. The molecule has 0 aliphatic heterocycles. The van der Waals surface area contributed by atoms with Crippen molar-refractivity contribution in [2.45, 2.75) is 119 Å². The molecule has 1 aromatic rings. The summed E-state index contributed by atoms with van der Waals surface area (Å²) in [5.74, 6) is 1.14. The molecule has 208 valence electrons. The van der Waals surface area contributed by atoms with E-state index in [4.69, 9.17) is 14.2 Å². The average molecular weight is 517 g/mol. The van der Waals surface area contributed by atoms with Gasteiger partial charge >= 0.3 is 6.09 Å². The molecule has 37 heavy (non-hydrogen) atoms. The second kappa shape index (κ2) is 18.4. The molecule has 0 spiro atoms. The minimum Gasteiger partial charge on any atom is -0.475 e. The van der Waals surface area contributed by atoms with Crippen LogP contribution in [0.4, 0.5) is 4.79 Å². The highest BCUT2D eigenvalue weighted by atomic mass is 16.6. The van der Waals surface area contributed by atoms with Gasteiger partial charge in [0.15, 0.2) is 6.40 Å². The zero-order chi connectivity index (χ0) is 27.6. The van der Waals surface area contributed by atoms with Crippen molar-refractivity contribution in [2.75, 3.05) is 6.54 Å². The van der Waals surface area contributed by atoms with Crippen molar-refractivity contribution >= 4 is 18.8 Å². The fourth-order valence-electron chi connectivity index (χ4n) is 3.48. The zero-order valence-electron chi connectivity index (χ0n) is 24.2. The summed E-state index contributed by atoms with van der Waals surface area (Å²) in [6.07, 6.45) is 11.1. The summed E-state index contributed by atoms with van der Waals surface area (Å²) in [5.41, 5.74) is 1.71. The van der Waals surface area contributed by atoms with Gasteiger partial charge in [0.2, 0.25) is 5.88 Å². The first-order chi connectivity index (χ1) is 17.7. The number of carbonyl (C=O) groups excluding carboxylic acids is 1. The maximum Gasteiger partial charge on any atom is 0.410 e.